The molecule has 1 saturated heterocycles. The highest BCUT2D eigenvalue weighted by Crippen LogP contribution is 2.02. The summed E-state index contributed by atoms with van der Waals surface area (Å²) in [4.78, 5) is 11.1. The van der Waals surface area contributed by atoms with Gasteiger partial charge in [0.1, 0.15) is 0 Å². The number of amides is 1. The van der Waals surface area contributed by atoms with Crippen LogP contribution in [0.5, 0.6) is 0 Å². The lowest BCUT2D eigenvalue weighted by molar-refractivity contribution is -0.421. The molecular weight excluding hydrogens is 206 g/mol. The van der Waals surface area contributed by atoms with Gasteiger partial charge in [0.25, 0.3) is 0 Å². The molecular formula is C12H12NO3+. The lowest BCUT2D eigenvalue weighted by atomic mass is 10.2. The van der Waals surface area contributed by atoms with Crippen LogP contribution >= 0.6 is 0 Å². The van der Waals surface area contributed by atoms with E-state index < -0.39 is 6.09 Å². The highest BCUT2D eigenvalue weighted by atomic mass is 16.6. The largest absolute Gasteiger partial charge is 0.599 e. The maximum atomic E-state index is 11.1. The second-order valence-electron chi connectivity index (χ2n) is 3.37. The van der Waals surface area contributed by atoms with Crippen LogP contribution in [0.3, 0.4) is 0 Å². The van der Waals surface area contributed by atoms with Gasteiger partial charge in [-0.15, -0.1) is 0 Å². The van der Waals surface area contributed by atoms with Gasteiger partial charge in [0, 0.05) is 0 Å². The number of aliphatic hydroxyl groups excluding tert-OH is 1. The minimum absolute atomic E-state index is 0.0913. The van der Waals surface area contributed by atoms with Gasteiger partial charge in [-0.2, -0.15) is 4.79 Å². The minimum Gasteiger partial charge on any atom is -0.460 e. The third-order valence-electron chi connectivity index (χ3n) is 2.26. The number of hydrogen-bond acceptors (Lipinski definition) is 2. The summed E-state index contributed by atoms with van der Waals surface area (Å²) in [6, 6.07) is 9.54. The zero-order chi connectivity index (χ0) is 11.4. The maximum Gasteiger partial charge on any atom is 0.599 e. The van der Waals surface area contributed by atoms with E-state index in [-0.39, 0.29) is 5.90 Å². The molecule has 4 heteroatoms. The normalized spacial score (nSPS) is 18.9. The SMILES string of the molecule is O=C1OCC[N+]1=C(O)/C=C/c1ccccc1. The summed E-state index contributed by atoms with van der Waals surface area (Å²) in [5.74, 6) is -0.0913. The van der Waals surface area contributed by atoms with Crippen LogP contribution in [0.4, 0.5) is 4.79 Å². The van der Waals surface area contributed by atoms with E-state index in [1.54, 1.807) is 6.08 Å². The van der Waals surface area contributed by atoms with E-state index in [4.69, 9.17) is 4.74 Å². The number of carbonyl (C=O) groups is 1. The number of benzene rings is 1. The first-order chi connectivity index (χ1) is 7.77. The molecule has 0 saturated carbocycles. The molecule has 1 aromatic carbocycles. The van der Waals surface area contributed by atoms with Gasteiger partial charge < -0.3 is 9.84 Å². The molecule has 1 aromatic rings. The van der Waals surface area contributed by atoms with Crippen molar-refractivity contribution in [3.63, 3.8) is 0 Å². The van der Waals surface area contributed by atoms with Gasteiger partial charge in [-0.3, -0.25) is 0 Å². The van der Waals surface area contributed by atoms with E-state index >= 15 is 0 Å². The third kappa shape index (κ3) is 2.28. The molecule has 0 bridgehead atoms. The van der Waals surface area contributed by atoms with Crippen molar-refractivity contribution in [3.8, 4) is 0 Å². The van der Waals surface area contributed by atoms with Crippen LogP contribution in [0.1, 0.15) is 5.56 Å². The Bertz CT molecular complexity index is 449. The molecule has 0 aliphatic carbocycles. The van der Waals surface area contributed by atoms with Gasteiger partial charge >= 0.3 is 12.0 Å². The Morgan fingerprint density at radius 1 is 1.38 bits per heavy atom. The first-order valence-electron chi connectivity index (χ1n) is 5.01. The molecule has 1 amide bonds. The van der Waals surface area contributed by atoms with Crippen LogP contribution < -0.4 is 0 Å². The molecule has 0 spiro atoms. The first-order valence-corrected chi connectivity index (χ1v) is 5.01. The Labute approximate surface area is 93.1 Å². The Morgan fingerprint density at radius 3 is 2.75 bits per heavy atom. The number of carbonyl (C=O) groups excluding carboxylic acids is 1. The fraction of sp³-hybridized carbons (Fsp3) is 0.167. The Hall–Kier alpha value is -2.10. The molecule has 1 aliphatic rings. The van der Waals surface area contributed by atoms with Crippen LogP contribution in [0.15, 0.2) is 36.4 Å². The summed E-state index contributed by atoms with van der Waals surface area (Å²) < 4.78 is 5.90. The molecule has 1 N–H and O–H groups in total. The van der Waals surface area contributed by atoms with Crippen LogP contribution in [-0.4, -0.2) is 34.8 Å². The van der Waals surface area contributed by atoms with Crippen molar-refractivity contribution in [3.05, 3.63) is 42.0 Å². The number of ether oxygens (including phenoxy) is 1. The van der Waals surface area contributed by atoms with E-state index in [0.29, 0.717) is 13.2 Å². The summed E-state index contributed by atoms with van der Waals surface area (Å²) in [6.45, 7) is 0.714. The fourth-order valence-electron chi connectivity index (χ4n) is 1.43. The highest BCUT2D eigenvalue weighted by molar-refractivity contribution is 5.89. The Morgan fingerprint density at radius 2 is 2.12 bits per heavy atom. The topological polar surface area (TPSA) is 49.5 Å². The summed E-state index contributed by atoms with van der Waals surface area (Å²) >= 11 is 0. The summed E-state index contributed by atoms with van der Waals surface area (Å²) in [7, 11) is 0. The predicted molar refractivity (Wildman–Crippen MR) is 59.6 cm³/mol. The molecule has 4 nitrogen and oxygen atoms in total. The molecule has 1 aliphatic heterocycles. The number of cyclic esters (lactones) is 1. The molecule has 2 rings (SSSR count). The van der Waals surface area contributed by atoms with Gasteiger partial charge in [0.2, 0.25) is 0 Å². The summed E-state index contributed by atoms with van der Waals surface area (Å²) in [5, 5.41) is 9.64. The first kappa shape index (κ1) is 10.4. The molecule has 0 aromatic heterocycles. The molecule has 1 heterocycles. The van der Waals surface area contributed by atoms with Crippen LogP contribution in [0, 0.1) is 0 Å². The zero-order valence-corrected chi connectivity index (χ0v) is 8.67. The van der Waals surface area contributed by atoms with Crippen molar-refractivity contribution in [1.29, 1.82) is 0 Å². The smallest absolute Gasteiger partial charge is 0.460 e. The van der Waals surface area contributed by atoms with Crippen molar-refractivity contribution in [2.45, 2.75) is 0 Å². The van der Waals surface area contributed by atoms with E-state index in [9.17, 15) is 9.90 Å². The molecule has 0 unspecified atom stereocenters. The molecule has 16 heavy (non-hydrogen) atoms. The van der Waals surface area contributed by atoms with Crippen molar-refractivity contribution in [2.24, 2.45) is 0 Å². The fourth-order valence-corrected chi connectivity index (χ4v) is 1.43. The van der Waals surface area contributed by atoms with Gasteiger partial charge in [-0.05, 0) is 11.6 Å². The lowest BCUT2D eigenvalue weighted by Crippen LogP contribution is -2.20. The Balaban J connectivity index is 2.16. The van der Waals surface area contributed by atoms with Crippen molar-refractivity contribution >= 4 is 18.1 Å². The number of nitrogens with zero attached hydrogens (tertiary/aromatic N) is 1. The molecule has 0 radical (unpaired) electrons. The van der Waals surface area contributed by atoms with Gasteiger partial charge in [0.15, 0.2) is 13.2 Å². The van der Waals surface area contributed by atoms with Crippen molar-refractivity contribution < 1.29 is 19.2 Å². The monoisotopic (exact) mass is 218 g/mol. The quantitative estimate of drug-likeness (QED) is 0.608. The van der Waals surface area contributed by atoms with Crippen molar-refractivity contribution in [1.82, 2.24) is 0 Å². The number of rotatable bonds is 2. The average molecular weight is 218 g/mol. The van der Waals surface area contributed by atoms with Crippen LogP contribution in [0.2, 0.25) is 0 Å². The zero-order valence-electron chi connectivity index (χ0n) is 8.67. The van der Waals surface area contributed by atoms with E-state index in [1.165, 1.54) is 10.7 Å². The second-order valence-corrected chi connectivity index (χ2v) is 3.37. The molecule has 1 fully saturated rings. The Kier molecular flexibility index (Phi) is 3.00. The second kappa shape index (κ2) is 4.61. The number of hydrogen-bond donors (Lipinski definition) is 1. The number of aliphatic hydroxyl groups is 1. The highest BCUT2D eigenvalue weighted by Gasteiger charge is 2.30. The molecule has 82 valence electrons. The van der Waals surface area contributed by atoms with E-state index in [2.05, 4.69) is 0 Å². The third-order valence-corrected chi connectivity index (χ3v) is 2.26. The lowest BCUT2D eigenvalue weighted by Gasteiger charge is -1.90. The minimum atomic E-state index is -0.504. The van der Waals surface area contributed by atoms with Crippen LogP contribution in [0.25, 0.3) is 6.08 Å². The van der Waals surface area contributed by atoms with Gasteiger partial charge in [-0.1, -0.05) is 34.9 Å². The summed E-state index contributed by atoms with van der Waals surface area (Å²) in [6.07, 6.45) is 2.72. The van der Waals surface area contributed by atoms with Gasteiger partial charge in [-0.25, -0.2) is 0 Å². The van der Waals surface area contributed by atoms with E-state index in [1.807, 2.05) is 30.3 Å². The average Bonchev–Trinajstić information content (AvgIpc) is 2.74. The maximum absolute atomic E-state index is 11.1. The summed E-state index contributed by atoms with van der Waals surface area (Å²) in [5.41, 5.74) is 0.960. The van der Waals surface area contributed by atoms with E-state index in [0.717, 1.165) is 5.56 Å². The van der Waals surface area contributed by atoms with Crippen molar-refractivity contribution in [2.75, 3.05) is 13.2 Å². The van der Waals surface area contributed by atoms with Crippen LogP contribution in [-0.2, 0) is 4.74 Å². The predicted octanol–water partition coefficient (Wildman–Crippen LogP) is 1.82. The molecule has 0 atom stereocenters. The van der Waals surface area contributed by atoms with Gasteiger partial charge in [0.05, 0.1) is 6.08 Å². The standard InChI is InChI=1S/C12H11NO3/c14-11(13-8-9-16-12(13)15)7-6-10-4-2-1-3-5-10/h1-7H,8-9H2/p+1/b7-6+.